The van der Waals surface area contributed by atoms with Crippen molar-refractivity contribution in [2.45, 2.75) is 38.7 Å². The van der Waals surface area contributed by atoms with Crippen molar-refractivity contribution in [1.29, 1.82) is 0 Å². The summed E-state index contributed by atoms with van der Waals surface area (Å²) in [4.78, 5) is 21.3. The summed E-state index contributed by atoms with van der Waals surface area (Å²) in [5, 5.41) is 14.5. The van der Waals surface area contributed by atoms with Gasteiger partial charge in [0.05, 0.1) is 11.0 Å². The molecule has 9 nitrogen and oxygen atoms in total. The second-order valence-corrected chi connectivity index (χ2v) is 6.55. The monoisotopic (exact) mass is 336 g/mol. The highest BCUT2D eigenvalue weighted by atomic mass is 16.6. The first-order valence-corrected chi connectivity index (χ1v) is 8.47. The number of nitrogens with zero attached hydrogens (tertiary/aromatic N) is 4. The average Bonchev–Trinajstić information content (AvgIpc) is 3.06. The minimum atomic E-state index is -0.493. The van der Waals surface area contributed by atoms with Crippen LogP contribution < -0.4 is 16.0 Å². The van der Waals surface area contributed by atoms with Crippen molar-refractivity contribution in [3.8, 4) is 0 Å². The average molecular weight is 336 g/mol. The number of rotatable bonds is 5. The number of anilines is 3. The quantitative estimate of drug-likeness (QED) is 0.617. The van der Waals surface area contributed by atoms with Crippen molar-refractivity contribution < 1.29 is 9.66 Å². The molecule has 0 bridgehead atoms. The van der Waals surface area contributed by atoms with E-state index in [0.29, 0.717) is 24.2 Å². The standard InChI is InChI=1S/C15H24N6O3/c1-10-4-6-20(7-5-10)14-12(21(22)23)13(16)18-15(19-14)17-9-11-3-2-8-24-11/h10-11H,2-9H2,1H3,(H3,16,17,18,19)/t11-/m0/s1. The summed E-state index contributed by atoms with van der Waals surface area (Å²) in [6.45, 7) is 5.02. The van der Waals surface area contributed by atoms with Crippen LogP contribution in [0.3, 0.4) is 0 Å². The third-order valence-corrected chi connectivity index (χ3v) is 4.67. The molecule has 24 heavy (non-hydrogen) atoms. The summed E-state index contributed by atoms with van der Waals surface area (Å²) in [6, 6.07) is 0. The molecule has 0 spiro atoms. The lowest BCUT2D eigenvalue weighted by Crippen LogP contribution is -2.34. The van der Waals surface area contributed by atoms with Gasteiger partial charge < -0.3 is 20.7 Å². The van der Waals surface area contributed by atoms with E-state index in [9.17, 15) is 10.1 Å². The Balaban J connectivity index is 1.81. The van der Waals surface area contributed by atoms with Gasteiger partial charge in [0.2, 0.25) is 17.6 Å². The summed E-state index contributed by atoms with van der Waals surface area (Å²) in [5.41, 5.74) is 5.65. The number of hydrogen-bond acceptors (Lipinski definition) is 8. The summed E-state index contributed by atoms with van der Waals surface area (Å²) < 4.78 is 5.56. The van der Waals surface area contributed by atoms with Gasteiger partial charge in [-0.3, -0.25) is 10.1 Å². The molecule has 0 aromatic carbocycles. The van der Waals surface area contributed by atoms with Gasteiger partial charge in [0.1, 0.15) is 0 Å². The zero-order valence-corrected chi connectivity index (χ0v) is 13.9. The van der Waals surface area contributed by atoms with Gasteiger partial charge in [-0.15, -0.1) is 0 Å². The van der Waals surface area contributed by atoms with Gasteiger partial charge in [-0.2, -0.15) is 9.97 Å². The molecular weight excluding hydrogens is 312 g/mol. The van der Waals surface area contributed by atoms with Crippen LogP contribution in [0.1, 0.15) is 32.6 Å². The van der Waals surface area contributed by atoms with E-state index in [-0.39, 0.29) is 17.6 Å². The second-order valence-electron chi connectivity index (χ2n) is 6.55. The molecule has 0 radical (unpaired) electrons. The van der Waals surface area contributed by atoms with Gasteiger partial charge in [-0.25, -0.2) is 0 Å². The van der Waals surface area contributed by atoms with E-state index in [4.69, 9.17) is 10.5 Å². The minimum Gasteiger partial charge on any atom is -0.378 e. The molecule has 2 aliphatic rings. The largest absolute Gasteiger partial charge is 0.378 e. The predicted molar refractivity (Wildman–Crippen MR) is 91.2 cm³/mol. The SMILES string of the molecule is CC1CCN(c2nc(NC[C@@H]3CCCO3)nc(N)c2[N+](=O)[O-])CC1. The Kier molecular flexibility index (Phi) is 4.98. The van der Waals surface area contributed by atoms with E-state index in [1.54, 1.807) is 0 Å². The van der Waals surface area contributed by atoms with Gasteiger partial charge in [0.25, 0.3) is 0 Å². The van der Waals surface area contributed by atoms with Gasteiger partial charge in [-0.05, 0) is 31.6 Å². The predicted octanol–water partition coefficient (Wildman–Crippen LogP) is 1.79. The molecule has 3 heterocycles. The molecule has 2 saturated heterocycles. The lowest BCUT2D eigenvalue weighted by molar-refractivity contribution is -0.383. The van der Waals surface area contributed by atoms with E-state index in [2.05, 4.69) is 22.2 Å². The van der Waals surface area contributed by atoms with E-state index in [0.717, 1.165) is 45.4 Å². The van der Waals surface area contributed by atoms with Crippen molar-refractivity contribution in [1.82, 2.24) is 9.97 Å². The topological polar surface area (TPSA) is 119 Å². The van der Waals surface area contributed by atoms with Gasteiger partial charge >= 0.3 is 5.69 Å². The number of aromatic nitrogens is 2. The van der Waals surface area contributed by atoms with E-state index < -0.39 is 4.92 Å². The number of hydrogen-bond donors (Lipinski definition) is 2. The fraction of sp³-hybridized carbons (Fsp3) is 0.733. The molecule has 0 saturated carbocycles. The van der Waals surface area contributed by atoms with Crippen molar-refractivity contribution in [2.75, 3.05) is 42.2 Å². The van der Waals surface area contributed by atoms with Crippen LogP contribution in [0, 0.1) is 16.0 Å². The van der Waals surface area contributed by atoms with Crippen LogP contribution in [-0.4, -0.2) is 47.2 Å². The van der Waals surface area contributed by atoms with E-state index in [1.807, 2.05) is 4.90 Å². The van der Waals surface area contributed by atoms with Crippen LogP contribution >= 0.6 is 0 Å². The molecule has 1 aromatic rings. The van der Waals surface area contributed by atoms with Crippen LogP contribution in [0.25, 0.3) is 0 Å². The summed E-state index contributed by atoms with van der Waals surface area (Å²) >= 11 is 0. The molecule has 132 valence electrons. The fourth-order valence-electron chi connectivity index (χ4n) is 3.17. The lowest BCUT2D eigenvalue weighted by Gasteiger charge is -2.31. The molecule has 1 atom stereocenters. The highest BCUT2D eigenvalue weighted by molar-refractivity contribution is 5.71. The zero-order valence-electron chi connectivity index (χ0n) is 13.9. The molecule has 2 fully saturated rings. The van der Waals surface area contributed by atoms with Crippen LogP contribution in [0.15, 0.2) is 0 Å². The molecule has 9 heteroatoms. The fourth-order valence-corrected chi connectivity index (χ4v) is 3.17. The number of piperidine rings is 1. The van der Waals surface area contributed by atoms with E-state index >= 15 is 0 Å². The molecule has 1 aromatic heterocycles. The maximum absolute atomic E-state index is 11.4. The molecule has 0 amide bonds. The number of nitrogens with one attached hydrogen (secondary N) is 1. The Labute approximate surface area is 140 Å². The lowest BCUT2D eigenvalue weighted by atomic mass is 9.99. The van der Waals surface area contributed by atoms with Crippen molar-refractivity contribution in [3.05, 3.63) is 10.1 Å². The van der Waals surface area contributed by atoms with Crippen LogP contribution in [0.2, 0.25) is 0 Å². The molecule has 2 aliphatic heterocycles. The minimum absolute atomic E-state index is 0.0986. The Morgan fingerprint density at radius 1 is 1.38 bits per heavy atom. The maximum atomic E-state index is 11.4. The van der Waals surface area contributed by atoms with Gasteiger partial charge in [-0.1, -0.05) is 6.92 Å². The molecule has 3 N–H and O–H groups in total. The number of ether oxygens (including phenoxy) is 1. The van der Waals surface area contributed by atoms with Gasteiger partial charge in [0, 0.05) is 26.2 Å². The Morgan fingerprint density at radius 2 is 2.12 bits per heavy atom. The highest BCUT2D eigenvalue weighted by Crippen LogP contribution is 2.34. The molecule has 0 unspecified atom stereocenters. The van der Waals surface area contributed by atoms with Crippen LogP contribution in [-0.2, 0) is 4.74 Å². The first-order chi connectivity index (χ1) is 11.5. The molecular formula is C15H24N6O3. The first-order valence-electron chi connectivity index (χ1n) is 8.47. The maximum Gasteiger partial charge on any atom is 0.353 e. The molecule has 3 rings (SSSR count). The Bertz CT molecular complexity index is 597. The van der Waals surface area contributed by atoms with E-state index in [1.165, 1.54) is 0 Å². The van der Waals surface area contributed by atoms with Crippen molar-refractivity contribution in [2.24, 2.45) is 5.92 Å². The Hall–Kier alpha value is -2.16. The third kappa shape index (κ3) is 3.66. The number of nitrogens with two attached hydrogens (primary N) is 1. The normalized spacial score (nSPS) is 21.9. The summed E-state index contributed by atoms with van der Waals surface area (Å²) in [6.07, 6.45) is 4.14. The molecule has 0 aliphatic carbocycles. The zero-order chi connectivity index (χ0) is 17.1. The summed E-state index contributed by atoms with van der Waals surface area (Å²) in [5.74, 6) is 1.16. The third-order valence-electron chi connectivity index (χ3n) is 4.67. The highest BCUT2D eigenvalue weighted by Gasteiger charge is 2.29. The number of nitrogen functional groups attached to an aromatic ring is 1. The van der Waals surface area contributed by atoms with Crippen LogP contribution in [0.5, 0.6) is 0 Å². The second kappa shape index (κ2) is 7.16. The first kappa shape index (κ1) is 16.7. The summed E-state index contributed by atoms with van der Waals surface area (Å²) in [7, 11) is 0. The smallest absolute Gasteiger partial charge is 0.353 e. The number of nitro groups is 1. The Morgan fingerprint density at radius 3 is 2.75 bits per heavy atom. The van der Waals surface area contributed by atoms with Crippen LogP contribution in [0.4, 0.5) is 23.3 Å². The van der Waals surface area contributed by atoms with Gasteiger partial charge in [0.15, 0.2) is 0 Å². The van der Waals surface area contributed by atoms with Crippen molar-refractivity contribution in [3.63, 3.8) is 0 Å². The van der Waals surface area contributed by atoms with Crippen molar-refractivity contribution >= 4 is 23.3 Å².